The number of carbonyl (C=O) groups is 1. The molecule has 0 saturated carbocycles. The van der Waals surface area contributed by atoms with E-state index in [1.165, 1.54) is 9.87 Å². The fraction of sp³-hybridized carbons (Fsp3) is 0.458. The molecule has 0 N–H and O–H groups in total. The van der Waals surface area contributed by atoms with Crippen LogP contribution in [0.25, 0.3) is 0 Å². The van der Waals surface area contributed by atoms with Gasteiger partial charge in [-0.05, 0) is 74.8 Å². The number of nitrogens with zero attached hydrogens (tertiary/aromatic N) is 2. The smallest absolute Gasteiger partial charge is 0.246 e. The lowest BCUT2D eigenvalue weighted by molar-refractivity contribution is -0.133. The average Bonchev–Trinajstić information content (AvgIpc) is 2.70. The quantitative estimate of drug-likeness (QED) is 0.700. The number of piperidine rings is 1. The summed E-state index contributed by atoms with van der Waals surface area (Å²) in [5.41, 5.74) is 3.96. The average molecular weight is 429 g/mol. The van der Waals surface area contributed by atoms with Crippen molar-refractivity contribution in [3.63, 3.8) is 0 Å². The van der Waals surface area contributed by atoms with Gasteiger partial charge >= 0.3 is 0 Å². The fourth-order valence-corrected chi connectivity index (χ4v) is 5.40. The van der Waals surface area contributed by atoms with Crippen LogP contribution in [0.1, 0.15) is 36.5 Å². The summed E-state index contributed by atoms with van der Waals surface area (Å²) < 4.78 is 26.4. The number of hydrogen-bond donors (Lipinski definition) is 0. The van der Waals surface area contributed by atoms with Gasteiger partial charge in [0.25, 0.3) is 0 Å². The first kappa shape index (κ1) is 22.3. The van der Waals surface area contributed by atoms with E-state index in [9.17, 15) is 13.2 Å². The Morgan fingerprint density at radius 1 is 1.07 bits per heavy atom. The van der Waals surface area contributed by atoms with E-state index in [-0.39, 0.29) is 5.91 Å². The molecule has 0 radical (unpaired) electrons. The molecule has 0 bridgehead atoms. The van der Waals surface area contributed by atoms with Gasteiger partial charge in [-0.1, -0.05) is 36.4 Å². The lowest BCUT2D eigenvalue weighted by Gasteiger charge is -2.36. The van der Waals surface area contributed by atoms with Gasteiger partial charge in [0.2, 0.25) is 15.9 Å². The molecule has 2 aromatic carbocycles. The molecule has 3 rings (SSSR count). The van der Waals surface area contributed by atoms with Crippen LogP contribution in [0.3, 0.4) is 0 Å². The number of aryl methyl sites for hydroxylation is 2. The molecule has 1 saturated heterocycles. The highest BCUT2D eigenvalue weighted by molar-refractivity contribution is 7.92. The van der Waals surface area contributed by atoms with Crippen molar-refractivity contribution < 1.29 is 13.2 Å². The Kier molecular flexibility index (Phi) is 6.86. The van der Waals surface area contributed by atoms with Crippen LogP contribution in [0.4, 0.5) is 5.69 Å². The standard InChI is InChI=1S/C24H32N2O3S/c1-18-10-11-23(16-19(18)2)26(30(4,28)29)20(3)24(27)25-14-12-22(13-15-25)17-21-8-6-5-7-9-21/h5-11,16,20,22H,12-15,17H2,1-4H3/t20-/m1/s1. The Labute approximate surface area is 180 Å². The molecule has 1 aliphatic heterocycles. The monoisotopic (exact) mass is 428 g/mol. The number of carbonyl (C=O) groups excluding carboxylic acids is 1. The van der Waals surface area contributed by atoms with Gasteiger partial charge in [-0.2, -0.15) is 0 Å². The molecule has 1 aliphatic rings. The maximum atomic E-state index is 13.2. The molecule has 5 nitrogen and oxygen atoms in total. The summed E-state index contributed by atoms with van der Waals surface area (Å²) in [6.45, 7) is 6.96. The van der Waals surface area contributed by atoms with E-state index in [0.29, 0.717) is 24.7 Å². The summed E-state index contributed by atoms with van der Waals surface area (Å²) in [7, 11) is -3.60. The van der Waals surface area contributed by atoms with Crippen molar-refractivity contribution in [3.8, 4) is 0 Å². The maximum absolute atomic E-state index is 13.2. The number of sulfonamides is 1. The number of amides is 1. The summed E-state index contributed by atoms with van der Waals surface area (Å²) in [4.78, 5) is 15.0. The predicted molar refractivity (Wildman–Crippen MR) is 122 cm³/mol. The molecular weight excluding hydrogens is 396 g/mol. The Balaban J connectivity index is 1.69. The van der Waals surface area contributed by atoms with E-state index in [4.69, 9.17) is 0 Å². The minimum Gasteiger partial charge on any atom is -0.341 e. The molecule has 1 atom stereocenters. The van der Waals surface area contributed by atoms with Crippen molar-refractivity contribution in [3.05, 3.63) is 65.2 Å². The van der Waals surface area contributed by atoms with E-state index >= 15 is 0 Å². The Morgan fingerprint density at radius 3 is 2.27 bits per heavy atom. The van der Waals surface area contributed by atoms with Crippen LogP contribution in [-0.4, -0.2) is 44.6 Å². The van der Waals surface area contributed by atoms with Crippen LogP contribution in [0, 0.1) is 19.8 Å². The van der Waals surface area contributed by atoms with Gasteiger partial charge in [-0.15, -0.1) is 0 Å². The van der Waals surface area contributed by atoms with Crippen LogP contribution < -0.4 is 4.31 Å². The zero-order chi connectivity index (χ0) is 21.9. The number of rotatable bonds is 6. The fourth-order valence-electron chi connectivity index (χ4n) is 4.23. The van der Waals surface area contributed by atoms with Crippen molar-refractivity contribution in [1.29, 1.82) is 0 Å². The van der Waals surface area contributed by atoms with Crippen molar-refractivity contribution in [2.45, 2.75) is 46.1 Å². The topological polar surface area (TPSA) is 57.7 Å². The first-order valence-electron chi connectivity index (χ1n) is 10.6. The van der Waals surface area contributed by atoms with Gasteiger partial charge in [0.15, 0.2) is 0 Å². The number of likely N-dealkylation sites (tertiary alicyclic amines) is 1. The molecule has 1 fully saturated rings. The van der Waals surface area contributed by atoms with Gasteiger partial charge in [0.1, 0.15) is 6.04 Å². The van der Waals surface area contributed by atoms with Crippen LogP contribution >= 0.6 is 0 Å². The number of hydrogen-bond acceptors (Lipinski definition) is 3. The largest absolute Gasteiger partial charge is 0.341 e. The van der Waals surface area contributed by atoms with Crippen molar-refractivity contribution in [1.82, 2.24) is 4.90 Å². The summed E-state index contributed by atoms with van der Waals surface area (Å²) in [6, 6.07) is 15.2. The summed E-state index contributed by atoms with van der Waals surface area (Å²) in [6.07, 6.45) is 4.07. The minimum atomic E-state index is -3.60. The molecule has 162 valence electrons. The van der Waals surface area contributed by atoms with Crippen LogP contribution in [0.5, 0.6) is 0 Å². The van der Waals surface area contributed by atoms with Crippen LogP contribution in [0.2, 0.25) is 0 Å². The molecule has 2 aromatic rings. The third-order valence-electron chi connectivity index (χ3n) is 6.10. The maximum Gasteiger partial charge on any atom is 0.246 e. The second-order valence-electron chi connectivity index (χ2n) is 8.46. The van der Waals surface area contributed by atoms with E-state index in [2.05, 4.69) is 24.3 Å². The number of anilines is 1. The summed E-state index contributed by atoms with van der Waals surface area (Å²) in [5, 5.41) is 0. The second-order valence-corrected chi connectivity index (χ2v) is 10.3. The van der Waals surface area contributed by atoms with Crippen LogP contribution in [-0.2, 0) is 21.2 Å². The second kappa shape index (κ2) is 9.21. The molecule has 0 aromatic heterocycles. The number of benzene rings is 2. The molecule has 0 spiro atoms. The molecule has 1 heterocycles. The third kappa shape index (κ3) is 5.22. The van der Waals surface area contributed by atoms with Gasteiger partial charge in [0.05, 0.1) is 11.9 Å². The molecule has 6 heteroatoms. The first-order chi connectivity index (χ1) is 14.2. The Morgan fingerprint density at radius 2 is 1.70 bits per heavy atom. The zero-order valence-corrected chi connectivity index (χ0v) is 19.2. The molecule has 30 heavy (non-hydrogen) atoms. The van der Waals surface area contributed by atoms with Crippen LogP contribution in [0.15, 0.2) is 48.5 Å². The highest BCUT2D eigenvalue weighted by Gasteiger charge is 2.33. The lowest BCUT2D eigenvalue weighted by Crippen LogP contribution is -2.51. The van der Waals surface area contributed by atoms with Crippen molar-refractivity contribution >= 4 is 21.6 Å². The molecule has 0 aliphatic carbocycles. The molecular formula is C24H32N2O3S. The predicted octanol–water partition coefficient (Wildman–Crippen LogP) is 3.94. The summed E-state index contributed by atoms with van der Waals surface area (Å²) in [5.74, 6) is 0.425. The Hall–Kier alpha value is -2.34. The molecule has 1 amide bonds. The third-order valence-corrected chi connectivity index (χ3v) is 7.35. The highest BCUT2D eigenvalue weighted by Crippen LogP contribution is 2.26. The van der Waals surface area contributed by atoms with Gasteiger partial charge in [0, 0.05) is 13.1 Å². The van der Waals surface area contributed by atoms with Crippen molar-refractivity contribution in [2.75, 3.05) is 23.7 Å². The lowest BCUT2D eigenvalue weighted by atomic mass is 9.90. The Bertz CT molecular complexity index is 981. The zero-order valence-electron chi connectivity index (χ0n) is 18.3. The van der Waals surface area contributed by atoms with Gasteiger partial charge in [-0.25, -0.2) is 8.42 Å². The van der Waals surface area contributed by atoms with E-state index < -0.39 is 16.1 Å². The summed E-state index contributed by atoms with van der Waals surface area (Å²) >= 11 is 0. The first-order valence-corrected chi connectivity index (χ1v) is 12.4. The highest BCUT2D eigenvalue weighted by atomic mass is 32.2. The van der Waals surface area contributed by atoms with Crippen molar-refractivity contribution in [2.24, 2.45) is 5.92 Å². The SMILES string of the molecule is Cc1ccc(N([C@H](C)C(=O)N2CCC(Cc3ccccc3)CC2)S(C)(=O)=O)cc1C. The van der Waals surface area contributed by atoms with E-state index in [1.54, 1.807) is 13.0 Å². The van der Waals surface area contributed by atoms with Gasteiger partial charge < -0.3 is 4.90 Å². The minimum absolute atomic E-state index is 0.128. The van der Waals surface area contributed by atoms with E-state index in [1.807, 2.05) is 36.9 Å². The molecule has 0 unspecified atom stereocenters. The normalized spacial score (nSPS) is 16.3. The van der Waals surface area contributed by atoms with Gasteiger partial charge in [-0.3, -0.25) is 9.10 Å². The van der Waals surface area contributed by atoms with E-state index in [0.717, 1.165) is 36.6 Å².